The van der Waals surface area contributed by atoms with Crippen molar-refractivity contribution in [3.63, 3.8) is 0 Å². The molecular formula is C19H10N4O6S. The summed E-state index contributed by atoms with van der Waals surface area (Å²) in [6, 6.07) is 7.15. The fraction of sp³-hybridized carbons (Fsp3) is 0.105. The number of Topliss-reactive ketones (excluding diaryl/α,β-unsaturated/α-hetero) is 2. The number of nitrogens with zero attached hydrogens (tertiary/aromatic N) is 3. The minimum Gasteiger partial charge on any atom is -0.318 e. The quantitative estimate of drug-likeness (QED) is 0.439. The number of thioether (sulfide) groups is 1. The van der Waals surface area contributed by atoms with Crippen molar-refractivity contribution in [2.45, 2.75) is 5.54 Å². The molecule has 30 heavy (non-hydrogen) atoms. The van der Waals surface area contributed by atoms with Gasteiger partial charge in [-0.15, -0.1) is 11.8 Å². The number of imide groups is 1. The van der Waals surface area contributed by atoms with Gasteiger partial charge in [-0.2, -0.15) is 0 Å². The zero-order chi connectivity index (χ0) is 21.2. The van der Waals surface area contributed by atoms with E-state index < -0.39 is 34.0 Å². The van der Waals surface area contributed by atoms with Crippen LogP contribution in [0.4, 0.5) is 16.2 Å². The van der Waals surface area contributed by atoms with E-state index in [1.54, 1.807) is 6.07 Å². The van der Waals surface area contributed by atoms with Gasteiger partial charge in [0.25, 0.3) is 11.6 Å². The van der Waals surface area contributed by atoms with E-state index in [1.807, 2.05) is 0 Å². The number of benzene rings is 1. The Balaban J connectivity index is 1.59. The van der Waals surface area contributed by atoms with E-state index in [4.69, 9.17) is 0 Å². The first-order valence-electron chi connectivity index (χ1n) is 8.68. The van der Waals surface area contributed by atoms with Crippen molar-refractivity contribution in [2.24, 2.45) is 0 Å². The molecular weight excluding hydrogens is 412 g/mol. The third kappa shape index (κ3) is 2.23. The number of fused-ring (bicyclic) bond motifs is 2. The first-order chi connectivity index (χ1) is 14.3. The number of nitro groups is 1. The molecule has 0 radical (unpaired) electrons. The summed E-state index contributed by atoms with van der Waals surface area (Å²) in [5, 5.41) is 13.4. The lowest BCUT2D eigenvalue weighted by Crippen LogP contribution is -2.52. The summed E-state index contributed by atoms with van der Waals surface area (Å²) in [6.07, 6.45) is 1.38. The normalized spacial score (nSPS) is 22.5. The van der Waals surface area contributed by atoms with Gasteiger partial charge in [-0.25, -0.2) is 9.69 Å². The maximum Gasteiger partial charge on any atom is 0.329 e. The van der Waals surface area contributed by atoms with Crippen LogP contribution in [0.3, 0.4) is 0 Å². The largest absolute Gasteiger partial charge is 0.329 e. The van der Waals surface area contributed by atoms with Crippen LogP contribution in [-0.2, 0) is 4.79 Å². The molecule has 1 aromatic heterocycles. The molecule has 148 valence electrons. The van der Waals surface area contributed by atoms with Crippen molar-refractivity contribution in [2.75, 3.05) is 10.7 Å². The predicted octanol–water partition coefficient (Wildman–Crippen LogP) is 1.86. The SMILES string of the molecule is O=C1C2=C(C(=O)c3ncccc31)C1(CS2)NC(=O)N(c2ccc([N+](=O)[O-])cc2)C1=O. The molecule has 1 spiro atoms. The number of anilines is 1. The van der Waals surface area contributed by atoms with Gasteiger partial charge < -0.3 is 5.32 Å². The molecule has 5 rings (SSSR count). The molecule has 1 unspecified atom stereocenters. The van der Waals surface area contributed by atoms with E-state index in [2.05, 4.69) is 10.3 Å². The highest BCUT2D eigenvalue weighted by molar-refractivity contribution is 8.04. The summed E-state index contributed by atoms with van der Waals surface area (Å²) >= 11 is 1.04. The predicted molar refractivity (Wildman–Crippen MR) is 104 cm³/mol. The van der Waals surface area contributed by atoms with Crippen molar-refractivity contribution in [3.05, 3.63) is 74.4 Å². The zero-order valence-corrected chi connectivity index (χ0v) is 15.8. The molecule has 10 nitrogen and oxygen atoms in total. The second kappa shape index (κ2) is 6.07. The Bertz CT molecular complexity index is 1240. The topological polar surface area (TPSA) is 140 Å². The molecule has 0 saturated carbocycles. The van der Waals surface area contributed by atoms with Crippen LogP contribution in [0.1, 0.15) is 20.8 Å². The fourth-order valence-corrected chi connectivity index (χ4v) is 5.16. The molecule has 2 aromatic rings. The number of hydrogen-bond acceptors (Lipinski definition) is 8. The molecule has 1 aliphatic carbocycles. The number of urea groups is 1. The highest BCUT2D eigenvalue weighted by atomic mass is 32.2. The van der Waals surface area contributed by atoms with E-state index in [0.717, 1.165) is 16.7 Å². The van der Waals surface area contributed by atoms with Crippen molar-refractivity contribution >= 4 is 46.6 Å². The van der Waals surface area contributed by atoms with Crippen LogP contribution in [0.15, 0.2) is 53.1 Å². The summed E-state index contributed by atoms with van der Waals surface area (Å²) in [7, 11) is 0. The monoisotopic (exact) mass is 422 g/mol. The molecule has 1 saturated heterocycles. The molecule has 0 bridgehead atoms. The third-order valence-corrected chi connectivity index (χ3v) is 6.45. The highest BCUT2D eigenvalue weighted by Crippen LogP contribution is 2.48. The Hall–Kier alpha value is -3.86. The summed E-state index contributed by atoms with van der Waals surface area (Å²) < 4.78 is 0. The Kier molecular flexibility index (Phi) is 3.68. The minimum atomic E-state index is -1.69. The van der Waals surface area contributed by atoms with E-state index in [9.17, 15) is 29.3 Å². The number of ketones is 2. The minimum absolute atomic E-state index is 0.0167. The first kappa shape index (κ1) is 18.2. The molecule has 11 heteroatoms. The summed E-state index contributed by atoms with van der Waals surface area (Å²) in [4.78, 5) is 67.2. The average Bonchev–Trinajstić information content (AvgIpc) is 3.24. The molecule has 1 N–H and O–H groups in total. The molecule has 3 heterocycles. The maximum absolute atomic E-state index is 13.4. The summed E-state index contributed by atoms with van der Waals surface area (Å²) in [5.74, 6) is -1.73. The number of amides is 3. The van der Waals surface area contributed by atoms with Gasteiger partial charge in [-0.3, -0.25) is 29.5 Å². The van der Waals surface area contributed by atoms with Gasteiger partial charge in [-0.1, -0.05) is 0 Å². The number of rotatable bonds is 2. The number of carbonyl (C=O) groups is 4. The second-order valence-corrected chi connectivity index (χ2v) is 7.79. The fourth-order valence-electron chi connectivity index (χ4n) is 3.80. The van der Waals surface area contributed by atoms with E-state index in [-0.39, 0.29) is 38.9 Å². The molecule has 3 aliphatic rings. The Morgan fingerprint density at radius 3 is 2.53 bits per heavy atom. The number of hydrogen-bond donors (Lipinski definition) is 1. The standard InChI is InChI=1S/C19H10N4O6S/c24-14-11-2-1-7-20-13(11)15(25)12-16(14)30-8-19(12)17(26)22(18(27)21-19)9-3-5-10(6-4-9)23(28)29/h1-7H,8H2,(H,21,27). The Labute approximate surface area is 172 Å². The number of carbonyl (C=O) groups excluding carboxylic acids is 4. The lowest BCUT2D eigenvalue weighted by atomic mass is 9.81. The van der Waals surface area contributed by atoms with Gasteiger partial charge in [0.15, 0.2) is 5.54 Å². The number of allylic oxidation sites excluding steroid dienone is 1. The number of nitrogens with one attached hydrogen (secondary N) is 1. The van der Waals surface area contributed by atoms with Crippen LogP contribution in [-0.4, -0.2) is 44.7 Å². The lowest BCUT2D eigenvalue weighted by molar-refractivity contribution is -0.384. The third-order valence-electron chi connectivity index (χ3n) is 5.20. The van der Waals surface area contributed by atoms with E-state index in [0.29, 0.717) is 0 Å². The molecule has 1 aromatic carbocycles. The Morgan fingerprint density at radius 1 is 1.10 bits per heavy atom. The van der Waals surface area contributed by atoms with Gasteiger partial charge in [0.05, 0.1) is 26.7 Å². The average molecular weight is 422 g/mol. The van der Waals surface area contributed by atoms with Gasteiger partial charge in [0.2, 0.25) is 11.6 Å². The van der Waals surface area contributed by atoms with Gasteiger partial charge in [0, 0.05) is 24.1 Å². The van der Waals surface area contributed by atoms with Gasteiger partial charge in [0.1, 0.15) is 5.69 Å². The van der Waals surface area contributed by atoms with Crippen LogP contribution >= 0.6 is 11.8 Å². The van der Waals surface area contributed by atoms with Crippen LogP contribution < -0.4 is 10.2 Å². The van der Waals surface area contributed by atoms with Gasteiger partial charge in [-0.05, 0) is 24.3 Å². The Morgan fingerprint density at radius 2 is 1.83 bits per heavy atom. The first-order valence-corrected chi connectivity index (χ1v) is 9.67. The van der Waals surface area contributed by atoms with E-state index in [1.165, 1.54) is 36.5 Å². The molecule has 1 atom stereocenters. The molecule has 1 fully saturated rings. The van der Waals surface area contributed by atoms with Crippen LogP contribution in [0.5, 0.6) is 0 Å². The molecule has 3 amide bonds. The van der Waals surface area contributed by atoms with Crippen molar-refractivity contribution < 1.29 is 24.1 Å². The van der Waals surface area contributed by atoms with Gasteiger partial charge >= 0.3 is 6.03 Å². The lowest BCUT2D eigenvalue weighted by Gasteiger charge is -2.25. The van der Waals surface area contributed by atoms with Crippen molar-refractivity contribution in [3.8, 4) is 0 Å². The number of non-ortho nitro benzene ring substituents is 1. The van der Waals surface area contributed by atoms with Crippen molar-refractivity contribution in [1.29, 1.82) is 0 Å². The number of nitro benzene ring substituents is 1. The summed E-state index contributed by atoms with van der Waals surface area (Å²) in [5.41, 5.74) is -1.74. The van der Waals surface area contributed by atoms with E-state index >= 15 is 0 Å². The number of pyridine rings is 1. The van der Waals surface area contributed by atoms with Crippen LogP contribution in [0.25, 0.3) is 0 Å². The van der Waals surface area contributed by atoms with Crippen molar-refractivity contribution in [1.82, 2.24) is 10.3 Å². The zero-order valence-electron chi connectivity index (χ0n) is 14.9. The maximum atomic E-state index is 13.4. The molecule has 2 aliphatic heterocycles. The van der Waals surface area contributed by atoms with Crippen LogP contribution in [0, 0.1) is 10.1 Å². The number of aromatic nitrogens is 1. The van der Waals surface area contributed by atoms with Crippen LogP contribution in [0.2, 0.25) is 0 Å². The smallest absolute Gasteiger partial charge is 0.318 e. The second-order valence-electron chi connectivity index (χ2n) is 6.80. The highest BCUT2D eigenvalue weighted by Gasteiger charge is 2.61. The summed E-state index contributed by atoms with van der Waals surface area (Å²) in [6.45, 7) is 0.